The van der Waals surface area contributed by atoms with Crippen LogP contribution in [-0.2, 0) is 0 Å². The molecule has 1 aliphatic heterocycles. The van der Waals surface area contributed by atoms with Crippen LogP contribution in [-0.4, -0.2) is 42.3 Å². The minimum Gasteiger partial charge on any atom is -0.395 e. The number of aliphatic hydroxyl groups excluding tert-OH is 1. The number of benzene rings is 1. The fraction of sp³-hybridized carbons (Fsp3) is 0.611. The Bertz CT molecular complexity index is 480. The molecule has 0 saturated carbocycles. The molecule has 0 aliphatic carbocycles. The highest BCUT2D eigenvalue weighted by molar-refractivity contribution is 5.32. The van der Waals surface area contributed by atoms with Crippen molar-refractivity contribution in [3.05, 3.63) is 35.4 Å². The van der Waals surface area contributed by atoms with Gasteiger partial charge in [0.05, 0.1) is 18.2 Å². The van der Waals surface area contributed by atoms with Gasteiger partial charge in [0.15, 0.2) is 0 Å². The Morgan fingerprint density at radius 3 is 2.82 bits per heavy atom. The maximum atomic E-state index is 9.30. The molecule has 2 atom stereocenters. The molecule has 0 aromatic heterocycles. The van der Waals surface area contributed by atoms with Crippen LogP contribution in [0.15, 0.2) is 24.3 Å². The van der Waals surface area contributed by atoms with Gasteiger partial charge < -0.3 is 10.4 Å². The molecule has 1 saturated heterocycles. The molecule has 1 heterocycles. The predicted octanol–water partition coefficient (Wildman–Crippen LogP) is 2.45. The molecule has 1 aromatic carbocycles. The Morgan fingerprint density at radius 2 is 2.14 bits per heavy atom. The second kappa shape index (κ2) is 8.89. The van der Waals surface area contributed by atoms with Crippen LogP contribution in [0.25, 0.3) is 0 Å². The van der Waals surface area contributed by atoms with Crippen LogP contribution in [0.5, 0.6) is 0 Å². The molecule has 4 heteroatoms. The predicted molar refractivity (Wildman–Crippen MR) is 88.5 cm³/mol. The van der Waals surface area contributed by atoms with Crippen LogP contribution in [0.3, 0.4) is 0 Å². The minimum atomic E-state index is 0.300. The lowest BCUT2D eigenvalue weighted by atomic mass is 10.1. The largest absolute Gasteiger partial charge is 0.395 e. The van der Waals surface area contributed by atoms with E-state index in [9.17, 15) is 5.11 Å². The molecule has 0 radical (unpaired) electrons. The lowest BCUT2D eigenvalue weighted by molar-refractivity contribution is 0.157. The molecule has 2 N–H and O–H groups in total. The summed E-state index contributed by atoms with van der Waals surface area (Å²) in [6.07, 6.45) is 4.68. The summed E-state index contributed by atoms with van der Waals surface area (Å²) in [5, 5.41) is 21.6. The molecule has 0 spiro atoms. The number of rotatable bonds is 8. The summed E-state index contributed by atoms with van der Waals surface area (Å²) < 4.78 is 0. The SMILES string of the molecule is CC(NCCCCN1CCCC1CO)c1ccc(C#N)cc1. The van der Waals surface area contributed by atoms with E-state index in [1.165, 1.54) is 18.4 Å². The lowest BCUT2D eigenvalue weighted by Gasteiger charge is -2.22. The molecule has 22 heavy (non-hydrogen) atoms. The van der Waals surface area contributed by atoms with Crippen molar-refractivity contribution >= 4 is 0 Å². The first-order valence-electron chi connectivity index (χ1n) is 8.33. The topological polar surface area (TPSA) is 59.3 Å². The monoisotopic (exact) mass is 301 g/mol. The van der Waals surface area contributed by atoms with E-state index in [1.807, 2.05) is 24.3 Å². The van der Waals surface area contributed by atoms with Crippen molar-refractivity contribution in [2.24, 2.45) is 0 Å². The molecule has 4 nitrogen and oxygen atoms in total. The summed E-state index contributed by atoms with van der Waals surface area (Å²) in [7, 11) is 0. The number of hydrogen-bond donors (Lipinski definition) is 2. The van der Waals surface area contributed by atoms with Gasteiger partial charge in [-0.15, -0.1) is 0 Å². The van der Waals surface area contributed by atoms with E-state index < -0.39 is 0 Å². The number of aliphatic hydroxyl groups is 1. The number of nitrogens with zero attached hydrogens (tertiary/aromatic N) is 2. The van der Waals surface area contributed by atoms with Gasteiger partial charge in [-0.05, 0) is 69.9 Å². The summed E-state index contributed by atoms with van der Waals surface area (Å²) in [6, 6.07) is 10.6. The molecule has 1 aromatic rings. The van der Waals surface area contributed by atoms with Crippen LogP contribution in [0, 0.1) is 11.3 Å². The second-order valence-corrected chi connectivity index (χ2v) is 6.13. The fourth-order valence-electron chi connectivity index (χ4n) is 3.12. The van der Waals surface area contributed by atoms with Gasteiger partial charge in [0.2, 0.25) is 0 Å². The van der Waals surface area contributed by atoms with Crippen molar-refractivity contribution in [3.63, 3.8) is 0 Å². The molecule has 1 aliphatic rings. The third-order valence-electron chi connectivity index (χ3n) is 4.57. The summed E-state index contributed by atoms with van der Waals surface area (Å²) in [5.74, 6) is 0. The maximum absolute atomic E-state index is 9.30. The number of nitrogens with one attached hydrogen (secondary N) is 1. The van der Waals surface area contributed by atoms with Crippen LogP contribution >= 0.6 is 0 Å². The zero-order valence-corrected chi connectivity index (χ0v) is 13.5. The average molecular weight is 301 g/mol. The first-order chi connectivity index (χ1) is 10.7. The van der Waals surface area contributed by atoms with E-state index in [-0.39, 0.29) is 0 Å². The molecule has 120 valence electrons. The third kappa shape index (κ3) is 4.81. The quantitative estimate of drug-likeness (QED) is 0.724. The van der Waals surface area contributed by atoms with Gasteiger partial charge >= 0.3 is 0 Å². The molecule has 0 bridgehead atoms. The Kier molecular flexibility index (Phi) is 6.85. The summed E-state index contributed by atoms with van der Waals surface area (Å²) in [4.78, 5) is 2.42. The highest BCUT2D eigenvalue weighted by Crippen LogP contribution is 2.17. The summed E-state index contributed by atoms with van der Waals surface area (Å²) in [6.45, 7) is 5.69. The first-order valence-corrected chi connectivity index (χ1v) is 8.33. The van der Waals surface area contributed by atoms with E-state index in [0.29, 0.717) is 24.3 Å². The normalized spacial score (nSPS) is 20.0. The Labute approximate surface area is 133 Å². The highest BCUT2D eigenvalue weighted by Gasteiger charge is 2.22. The smallest absolute Gasteiger partial charge is 0.0991 e. The molecular weight excluding hydrogens is 274 g/mol. The van der Waals surface area contributed by atoms with E-state index >= 15 is 0 Å². The Hall–Kier alpha value is -1.41. The van der Waals surface area contributed by atoms with E-state index in [1.54, 1.807) is 0 Å². The fourth-order valence-corrected chi connectivity index (χ4v) is 3.12. The van der Waals surface area contributed by atoms with Crippen molar-refractivity contribution in [1.82, 2.24) is 10.2 Å². The van der Waals surface area contributed by atoms with Crippen molar-refractivity contribution in [2.45, 2.75) is 44.7 Å². The average Bonchev–Trinajstić information content (AvgIpc) is 3.02. The number of nitriles is 1. The zero-order chi connectivity index (χ0) is 15.8. The van der Waals surface area contributed by atoms with Gasteiger partial charge in [-0.1, -0.05) is 12.1 Å². The van der Waals surface area contributed by atoms with Crippen LogP contribution in [0.2, 0.25) is 0 Å². The standard InChI is InChI=1S/C18H27N3O/c1-15(17-8-6-16(13-19)7-9-17)20-10-2-3-11-21-12-4-5-18(21)14-22/h6-9,15,18,20,22H,2-5,10-12,14H2,1H3. The van der Waals surface area contributed by atoms with Gasteiger partial charge in [0.1, 0.15) is 0 Å². The zero-order valence-electron chi connectivity index (χ0n) is 13.5. The van der Waals surface area contributed by atoms with Gasteiger partial charge in [0.25, 0.3) is 0 Å². The van der Waals surface area contributed by atoms with Crippen LogP contribution in [0.1, 0.15) is 49.8 Å². The van der Waals surface area contributed by atoms with E-state index in [4.69, 9.17) is 5.26 Å². The first kappa shape index (κ1) is 17.0. The summed E-state index contributed by atoms with van der Waals surface area (Å²) >= 11 is 0. The molecular formula is C18H27N3O. The second-order valence-electron chi connectivity index (χ2n) is 6.13. The van der Waals surface area contributed by atoms with Gasteiger partial charge in [-0.2, -0.15) is 5.26 Å². The van der Waals surface area contributed by atoms with Gasteiger partial charge in [-0.3, -0.25) is 4.90 Å². The van der Waals surface area contributed by atoms with Crippen molar-refractivity contribution in [2.75, 3.05) is 26.2 Å². The van der Waals surface area contributed by atoms with Crippen LogP contribution in [0.4, 0.5) is 0 Å². The van der Waals surface area contributed by atoms with E-state index in [2.05, 4.69) is 23.2 Å². The third-order valence-corrected chi connectivity index (χ3v) is 4.57. The number of hydrogen-bond acceptors (Lipinski definition) is 4. The van der Waals surface area contributed by atoms with Crippen molar-refractivity contribution in [1.29, 1.82) is 5.26 Å². The summed E-state index contributed by atoms with van der Waals surface area (Å²) in [5.41, 5.74) is 1.93. The number of unbranched alkanes of at least 4 members (excludes halogenated alkanes) is 1. The van der Waals surface area contributed by atoms with Gasteiger partial charge in [0, 0.05) is 12.1 Å². The van der Waals surface area contributed by atoms with Crippen LogP contribution < -0.4 is 5.32 Å². The maximum Gasteiger partial charge on any atom is 0.0991 e. The number of likely N-dealkylation sites (tertiary alicyclic amines) is 1. The van der Waals surface area contributed by atoms with Gasteiger partial charge in [-0.25, -0.2) is 0 Å². The lowest BCUT2D eigenvalue weighted by Crippen LogP contribution is -2.33. The minimum absolute atomic E-state index is 0.300. The highest BCUT2D eigenvalue weighted by atomic mass is 16.3. The molecule has 2 rings (SSSR count). The van der Waals surface area contributed by atoms with Crippen molar-refractivity contribution < 1.29 is 5.11 Å². The van der Waals surface area contributed by atoms with E-state index in [0.717, 1.165) is 32.5 Å². The molecule has 1 fully saturated rings. The Morgan fingerprint density at radius 1 is 1.36 bits per heavy atom. The van der Waals surface area contributed by atoms with Crippen molar-refractivity contribution in [3.8, 4) is 6.07 Å². The molecule has 0 amide bonds. The Balaban J connectivity index is 1.62. The molecule has 2 unspecified atom stereocenters.